The molecular weight excluding hydrogens is 428 g/mol. The summed E-state index contributed by atoms with van der Waals surface area (Å²) in [4.78, 5) is 17.0. The molecule has 0 spiro atoms. The highest BCUT2D eigenvalue weighted by atomic mass is 19.4. The summed E-state index contributed by atoms with van der Waals surface area (Å²) >= 11 is 0. The number of carbonyl (C=O) groups is 1. The number of piperidine rings is 1. The highest BCUT2D eigenvalue weighted by Crippen LogP contribution is 2.38. The van der Waals surface area contributed by atoms with Crippen molar-refractivity contribution in [2.45, 2.75) is 32.9 Å². The topological polar surface area (TPSA) is 62.7 Å². The second-order valence-electron chi connectivity index (χ2n) is 8.79. The van der Waals surface area contributed by atoms with Gasteiger partial charge in [0.05, 0.1) is 29.5 Å². The monoisotopic (exact) mass is 454 g/mol. The van der Waals surface area contributed by atoms with Gasteiger partial charge in [-0.3, -0.25) is 4.98 Å². The summed E-state index contributed by atoms with van der Waals surface area (Å²) < 4.78 is 58.9. The number of nitrogens with zero attached hydrogens (tertiary/aromatic N) is 2. The van der Waals surface area contributed by atoms with Gasteiger partial charge >= 0.3 is 12.1 Å². The summed E-state index contributed by atoms with van der Waals surface area (Å²) in [5.41, 5.74) is -1.20. The van der Waals surface area contributed by atoms with Gasteiger partial charge in [-0.25, -0.2) is 9.18 Å². The zero-order valence-electron chi connectivity index (χ0n) is 18.0. The lowest BCUT2D eigenvalue weighted by Crippen LogP contribution is -2.46. The highest BCUT2D eigenvalue weighted by molar-refractivity contribution is 5.88. The van der Waals surface area contributed by atoms with Crippen molar-refractivity contribution < 1.29 is 32.2 Å². The van der Waals surface area contributed by atoms with E-state index in [9.17, 15) is 22.4 Å². The van der Waals surface area contributed by atoms with Gasteiger partial charge in [-0.2, -0.15) is 13.2 Å². The number of alkyl halides is 3. The van der Waals surface area contributed by atoms with E-state index in [1.165, 1.54) is 32.2 Å². The molecule has 3 rings (SSSR count). The van der Waals surface area contributed by atoms with Crippen LogP contribution in [0.2, 0.25) is 0 Å². The number of benzene rings is 1. The predicted octanol–water partition coefficient (Wildman–Crippen LogP) is 5.27. The smallest absolute Gasteiger partial charge is 0.395 e. The quantitative estimate of drug-likeness (QED) is 0.578. The summed E-state index contributed by atoms with van der Waals surface area (Å²) in [7, 11) is 0. The van der Waals surface area contributed by atoms with Crippen LogP contribution < -0.4 is 4.74 Å². The largest absolute Gasteiger partial charge is 0.492 e. The third-order valence-corrected chi connectivity index (χ3v) is 5.81. The summed E-state index contributed by atoms with van der Waals surface area (Å²) in [6, 6.07) is 7.17. The fraction of sp³-hybridized carbons (Fsp3) is 0.478. The summed E-state index contributed by atoms with van der Waals surface area (Å²) in [5, 5.41) is 8.91. The van der Waals surface area contributed by atoms with Crippen molar-refractivity contribution >= 4 is 5.97 Å². The van der Waals surface area contributed by atoms with Crippen LogP contribution in [0, 0.1) is 17.2 Å². The third kappa shape index (κ3) is 5.76. The molecule has 1 aliphatic rings. The number of halogens is 4. The Balaban J connectivity index is 1.49. The lowest BCUT2D eigenvalue weighted by atomic mass is 9.89. The van der Waals surface area contributed by atoms with E-state index < -0.39 is 28.9 Å². The molecule has 1 saturated heterocycles. The number of ether oxygens (including phenoxy) is 1. The number of rotatable bonds is 7. The van der Waals surface area contributed by atoms with Crippen molar-refractivity contribution in [3.05, 3.63) is 47.9 Å². The molecule has 0 saturated carbocycles. The number of likely N-dealkylation sites (tertiary alicyclic amines) is 1. The van der Waals surface area contributed by atoms with Crippen LogP contribution in [0.3, 0.4) is 0 Å². The number of aromatic carboxylic acids is 1. The summed E-state index contributed by atoms with van der Waals surface area (Å²) in [6.45, 7) is 4.09. The van der Waals surface area contributed by atoms with Crippen LogP contribution in [0.15, 0.2) is 36.5 Å². The first-order valence-corrected chi connectivity index (χ1v) is 10.4. The molecule has 1 fully saturated rings. The van der Waals surface area contributed by atoms with E-state index in [4.69, 9.17) is 9.84 Å². The molecule has 0 aliphatic carbocycles. The van der Waals surface area contributed by atoms with Gasteiger partial charge in [-0.15, -0.1) is 0 Å². The Kier molecular flexibility index (Phi) is 7.07. The third-order valence-electron chi connectivity index (χ3n) is 5.81. The Morgan fingerprint density at radius 3 is 2.41 bits per heavy atom. The van der Waals surface area contributed by atoms with Crippen molar-refractivity contribution in [2.24, 2.45) is 11.3 Å². The Bertz CT molecular complexity index is 937. The molecule has 32 heavy (non-hydrogen) atoms. The Labute approximate surface area is 184 Å². The molecule has 0 unspecified atom stereocenters. The first-order valence-electron chi connectivity index (χ1n) is 10.4. The minimum absolute atomic E-state index is 0.0104. The average molecular weight is 454 g/mol. The van der Waals surface area contributed by atoms with Gasteiger partial charge in [-0.05, 0) is 70.0 Å². The van der Waals surface area contributed by atoms with Crippen LogP contribution in [-0.2, 0) is 0 Å². The normalized spacial score (nSPS) is 16.2. The van der Waals surface area contributed by atoms with Gasteiger partial charge in [0.25, 0.3) is 0 Å². The van der Waals surface area contributed by atoms with Crippen molar-refractivity contribution in [3.8, 4) is 17.0 Å². The fourth-order valence-corrected chi connectivity index (χ4v) is 3.66. The van der Waals surface area contributed by atoms with E-state index in [0.29, 0.717) is 36.7 Å². The summed E-state index contributed by atoms with van der Waals surface area (Å²) in [5.74, 6) is -1.38. The van der Waals surface area contributed by atoms with E-state index in [1.807, 2.05) is 4.90 Å². The lowest BCUT2D eigenvalue weighted by molar-refractivity contribution is -0.217. The van der Waals surface area contributed by atoms with E-state index in [2.05, 4.69) is 4.98 Å². The Hall–Kier alpha value is -2.68. The van der Waals surface area contributed by atoms with Crippen LogP contribution in [0.25, 0.3) is 11.3 Å². The number of carboxylic acid groups (broad SMARTS) is 1. The molecule has 1 aromatic carbocycles. The Morgan fingerprint density at radius 1 is 1.19 bits per heavy atom. The maximum absolute atomic E-state index is 13.9. The second kappa shape index (κ2) is 9.44. The second-order valence-corrected chi connectivity index (χ2v) is 8.79. The van der Waals surface area contributed by atoms with Gasteiger partial charge in [-0.1, -0.05) is 6.07 Å². The van der Waals surface area contributed by atoms with E-state index in [-0.39, 0.29) is 12.5 Å². The van der Waals surface area contributed by atoms with E-state index >= 15 is 0 Å². The average Bonchev–Trinajstić information content (AvgIpc) is 2.72. The first kappa shape index (κ1) is 24.0. The molecule has 2 heterocycles. The molecular formula is C23H26F4N2O3. The van der Waals surface area contributed by atoms with Crippen LogP contribution in [0.4, 0.5) is 17.6 Å². The number of hydrogen-bond acceptors (Lipinski definition) is 4. The minimum atomic E-state index is -4.23. The molecule has 2 aromatic rings. The molecule has 5 nitrogen and oxygen atoms in total. The van der Waals surface area contributed by atoms with Gasteiger partial charge in [0.2, 0.25) is 0 Å². The van der Waals surface area contributed by atoms with Crippen molar-refractivity contribution in [3.63, 3.8) is 0 Å². The summed E-state index contributed by atoms with van der Waals surface area (Å²) in [6.07, 6.45) is -1.20. The molecule has 1 N–H and O–H groups in total. The van der Waals surface area contributed by atoms with Crippen LogP contribution >= 0.6 is 0 Å². The number of hydrogen-bond donors (Lipinski definition) is 1. The minimum Gasteiger partial charge on any atom is -0.492 e. The van der Waals surface area contributed by atoms with Gasteiger partial charge < -0.3 is 14.7 Å². The lowest BCUT2D eigenvalue weighted by Gasteiger charge is -2.38. The molecule has 0 atom stereocenters. The molecule has 1 aliphatic heterocycles. The van der Waals surface area contributed by atoms with Crippen LogP contribution in [0.5, 0.6) is 5.75 Å². The van der Waals surface area contributed by atoms with E-state index in [0.717, 1.165) is 18.9 Å². The number of pyridine rings is 1. The van der Waals surface area contributed by atoms with Crippen molar-refractivity contribution in [2.75, 3.05) is 26.2 Å². The number of carboxylic acids is 1. The molecule has 0 amide bonds. The van der Waals surface area contributed by atoms with Gasteiger partial charge in [0, 0.05) is 12.1 Å². The molecule has 9 heteroatoms. The Morgan fingerprint density at radius 2 is 1.88 bits per heavy atom. The van der Waals surface area contributed by atoms with Gasteiger partial charge in [0.15, 0.2) is 0 Å². The van der Waals surface area contributed by atoms with Crippen molar-refractivity contribution in [1.29, 1.82) is 0 Å². The van der Waals surface area contributed by atoms with Gasteiger partial charge in [0.1, 0.15) is 11.6 Å². The maximum atomic E-state index is 13.9. The van der Waals surface area contributed by atoms with Crippen LogP contribution in [0.1, 0.15) is 37.0 Å². The zero-order chi connectivity index (χ0) is 23.5. The standard InChI is InChI=1S/C23H26F4N2O3/c1-22(2,23(25,26)27)14-29-9-7-15(8-10-29)13-32-17-4-6-20(28-12-17)16-3-5-18(21(30)31)19(24)11-16/h3-6,11-12,15H,7-10,13-14H2,1-2H3,(H,30,31). The fourth-order valence-electron chi connectivity index (χ4n) is 3.66. The molecule has 174 valence electrons. The van der Waals surface area contributed by atoms with E-state index in [1.54, 1.807) is 12.1 Å². The maximum Gasteiger partial charge on any atom is 0.395 e. The SMILES string of the molecule is CC(C)(CN1CCC(COc2ccc(-c3ccc(C(=O)O)c(F)c3)nc2)CC1)C(F)(F)F. The first-order chi connectivity index (χ1) is 15.0. The zero-order valence-corrected chi connectivity index (χ0v) is 18.0. The van der Waals surface area contributed by atoms with Crippen molar-refractivity contribution in [1.82, 2.24) is 9.88 Å². The molecule has 1 aromatic heterocycles. The van der Waals surface area contributed by atoms with Crippen LogP contribution in [-0.4, -0.2) is 53.4 Å². The predicted molar refractivity (Wildman–Crippen MR) is 111 cm³/mol. The molecule has 0 radical (unpaired) electrons. The number of aromatic nitrogens is 1. The molecule has 0 bridgehead atoms. The highest BCUT2D eigenvalue weighted by Gasteiger charge is 2.48.